The van der Waals surface area contributed by atoms with Crippen molar-refractivity contribution in [1.82, 2.24) is 0 Å². The van der Waals surface area contributed by atoms with Crippen LogP contribution >= 0.6 is 0 Å². The van der Waals surface area contributed by atoms with Gasteiger partial charge in [0.25, 0.3) is 0 Å². The Morgan fingerprint density at radius 2 is 2.33 bits per heavy atom. The Morgan fingerprint density at radius 1 is 1.58 bits per heavy atom. The molecule has 0 fully saturated rings. The molecule has 0 heterocycles. The van der Waals surface area contributed by atoms with Crippen LogP contribution in [-0.2, 0) is 0 Å². The highest BCUT2D eigenvalue weighted by atomic mass is 19.1. The molecule has 1 aromatic rings. The molecule has 1 aromatic carbocycles. The molecule has 4 heteroatoms. The zero-order valence-electron chi connectivity index (χ0n) is 6.71. The summed E-state index contributed by atoms with van der Waals surface area (Å²) in [5.41, 5.74) is 5.97. The van der Waals surface area contributed by atoms with Crippen LogP contribution in [0.2, 0.25) is 0 Å². The summed E-state index contributed by atoms with van der Waals surface area (Å²) in [5.74, 6) is -0.0375. The van der Waals surface area contributed by atoms with E-state index in [0.717, 1.165) is 0 Å². The van der Waals surface area contributed by atoms with Crippen molar-refractivity contribution in [3.05, 3.63) is 30.1 Å². The summed E-state index contributed by atoms with van der Waals surface area (Å²) < 4.78 is 12.6. The molecule has 1 rings (SSSR count). The number of hydrogen-bond acceptors (Lipinski definition) is 1. The quantitative estimate of drug-likeness (QED) is 0.487. The van der Waals surface area contributed by atoms with Crippen LogP contribution in [0.4, 0.5) is 10.1 Å². The minimum Gasteiger partial charge on any atom is -0.370 e. The van der Waals surface area contributed by atoms with Gasteiger partial charge in [0.15, 0.2) is 5.96 Å². The van der Waals surface area contributed by atoms with Crippen molar-refractivity contribution >= 4 is 11.6 Å². The van der Waals surface area contributed by atoms with Crippen molar-refractivity contribution < 1.29 is 4.39 Å². The molecule has 0 aliphatic rings. The molecule has 0 amide bonds. The number of rotatable bonds is 1. The van der Waals surface area contributed by atoms with Gasteiger partial charge in [-0.05, 0) is 18.2 Å². The van der Waals surface area contributed by atoms with Gasteiger partial charge in [-0.2, -0.15) is 0 Å². The largest absolute Gasteiger partial charge is 0.370 e. The molecule has 12 heavy (non-hydrogen) atoms. The fourth-order valence-electron chi connectivity index (χ4n) is 0.770. The van der Waals surface area contributed by atoms with Crippen molar-refractivity contribution in [2.45, 2.75) is 0 Å². The highest BCUT2D eigenvalue weighted by Gasteiger charge is 1.94. The molecular weight excluding hydrogens is 157 g/mol. The van der Waals surface area contributed by atoms with E-state index in [0.29, 0.717) is 5.69 Å². The molecule has 0 saturated carbocycles. The van der Waals surface area contributed by atoms with Crippen molar-refractivity contribution in [3.63, 3.8) is 0 Å². The number of nitrogens with zero attached hydrogens (tertiary/aromatic N) is 1. The fraction of sp³-hybridized carbons (Fsp3) is 0.125. The van der Waals surface area contributed by atoms with Gasteiger partial charge in [-0.15, -0.1) is 0 Å². The number of aliphatic imine (C=N–C) groups is 1. The summed E-state index contributed by atoms with van der Waals surface area (Å²) in [6.07, 6.45) is 0. The predicted molar refractivity (Wildman–Crippen MR) is 47.6 cm³/mol. The maximum atomic E-state index is 12.6. The van der Waals surface area contributed by atoms with E-state index in [2.05, 4.69) is 10.3 Å². The van der Waals surface area contributed by atoms with Crippen molar-refractivity contribution in [2.24, 2.45) is 10.7 Å². The SMILES string of the molecule is CN=C(N)Nc1cccc(F)c1. The lowest BCUT2D eigenvalue weighted by Crippen LogP contribution is -2.21. The summed E-state index contributed by atoms with van der Waals surface area (Å²) in [7, 11) is 1.56. The van der Waals surface area contributed by atoms with E-state index < -0.39 is 0 Å². The minimum absolute atomic E-state index is 0.264. The van der Waals surface area contributed by atoms with Crippen LogP contribution in [0.5, 0.6) is 0 Å². The number of halogens is 1. The highest BCUT2D eigenvalue weighted by molar-refractivity contribution is 5.92. The molecule has 0 atom stereocenters. The normalized spacial score (nSPS) is 11.3. The summed E-state index contributed by atoms with van der Waals surface area (Å²) >= 11 is 0. The monoisotopic (exact) mass is 167 g/mol. The first kappa shape index (κ1) is 8.52. The van der Waals surface area contributed by atoms with Gasteiger partial charge in [-0.25, -0.2) is 4.39 Å². The minimum atomic E-state index is -0.302. The van der Waals surface area contributed by atoms with Crippen LogP contribution in [0.3, 0.4) is 0 Å². The van der Waals surface area contributed by atoms with E-state index in [9.17, 15) is 4.39 Å². The molecule has 64 valence electrons. The van der Waals surface area contributed by atoms with Gasteiger partial charge in [0.2, 0.25) is 0 Å². The Morgan fingerprint density at radius 3 is 2.92 bits per heavy atom. The van der Waals surface area contributed by atoms with E-state index in [4.69, 9.17) is 5.73 Å². The average molecular weight is 167 g/mol. The third-order valence-electron chi connectivity index (χ3n) is 1.34. The molecule has 0 aromatic heterocycles. The molecule has 0 bridgehead atoms. The zero-order valence-corrected chi connectivity index (χ0v) is 6.71. The maximum Gasteiger partial charge on any atom is 0.192 e. The summed E-state index contributed by atoms with van der Waals surface area (Å²) in [6.45, 7) is 0. The van der Waals surface area contributed by atoms with Crippen LogP contribution in [0.1, 0.15) is 0 Å². The van der Waals surface area contributed by atoms with Crippen molar-refractivity contribution in [1.29, 1.82) is 0 Å². The van der Waals surface area contributed by atoms with E-state index >= 15 is 0 Å². The number of guanidine groups is 1. The first-order valence-electron chi connectivity index (χ1n) is 3.47. The van der Waals surface area contributed by atoms with Gasteiger partial charge >= 0.3 is 0 Å². The molecule has 0 unspecified atom stereocenters. The number of nitrogens with one attached hydrogen (secondary N) is 1. The number of hydrogen-bond donors (Lipinski definition) is 2. The molecule has 0 saturated heterocycles. The van der Waals surface area contributed by atoms with Crippen LogP contribution in [-0.4, -0.2) is 13.0 Å². The molecule has 3 N–H and O–H groups in total. The van der Waals surface area contributed by atoms with Crippen LogP contribution in [0.15, 0.2) is 29.3 Å². The average Bonchev–Trinajstić information content (AvgIpc) is 2.04. The first-order valence-corrected chi connectivity index (χ1v) is 3.47. The summed E-state index contributed by atoms with van der Waals surface area (Å²) in [6, 6.07) is 6.02. The maximum absolute atomic E-state index is 12.6. The highest BCUT2D eigenvalue weighted by Crippen LogP contribution is 2.07. The number of anilines is 1. The molecule has 0 spiro atoms. The predicted octanol–water partition coefficient (Wildman–Crippen LogP) is 1.18. The Labute approximate surface area is 70.1 Å². The first-order chi connectivity index (χ1) is 5.72. The fourth-order valence-corrected chi connectivity index (χ4v) is 0.770. The lowest BCUT2D eigenvalue weighted by Gasteiger charge is -2.03. The number of nitrogens with two attached hydrogens (primary N) is 1. The third kappa shape index (κ3) is 2.23. The Bertz CT molecular complexity index is 296. The molecule has 0 aliphatic heterocycles. The van der Waals surface area contributed by atoms with Crippen LogP contribution < -0.4 is 11.1 Å². The van der Waals surface area contributed by atoms with E-state index in [1.807, 2.05) is 0 Å². The molecule has 0 radical (unpaired) electrons. The summed E-state index contributed by atoms with van der Waals surface area (Å²) in [5, 5.41) is 2.72. The van der Waals surface area contributed by atoms with Gasteiger partial charge in [0.1, 0.15) is 5.82 Å². The lowest BCUT2D eigenvalue weighted by molar-refractivity contribution is 0.628. The van der Waals surface area contributed by atoms with Gasteiger partial charge in [-0.3, -0.25) is 4.99 Å². The van der Waals surface area contributed by atoms with E-state index in [1.165, 1.54) is 12.1 Å². The second-order valence-electron chi connectivity index (χ2n) is 2.24. The number of benzene rings is 1. The standard InChI is InChI=1S/C8H10FN3/c1-11-8(10)12-7-4-2-3-6(9)5-7/h2-5H,1H3,(H3,10,11,12). The van der Waals surface area contributed by atoms with E-state index in [-0.39, 0.29) is 11.8 Å². The summed E-state index contributed by atoms with van der Waals surface area (Å²) in [4.78, 5) is 3.67. The zero-order chi connectivity index (χ0) is 8.97. The Balaban J connectivity index is 2.76. The van der Waals surface area contributed by atoms with Gasteiger partial charge in [-0.1, -0.05) is 6.07 Å². The van der Waals surface area contributed by atoms with Gasteiger partial charge < -0.3 is 11.1 Å². The van der Waals surface area contributed by atoms with Crippen LogP contribution in [0, 0.1) is 5.82 Å². The van der Waals surface area contributed by atoms with Crippen LogP contribution in [0.25, 0.3) is 0 Å². The van der Waals surface area contributed by atoms with E-state index in [1.54, 1.807) is 19.2 Å². The second-order valence-corrected chi connectivity index (χ2v) is 2.24. The Hall–Kier alpha value is -1.58. The molecular formula is C8H10FN3. The Kier molecular flexibility index (Phi) is 2.63. The van der Waals surface area contributed by atoms with Crippen molar-refractivity contribution in [3.8, 4) is 0 Å². The smallest absolute Gasteiger partial charge is 0.192 e. The van der Waals surface area contributed by atoms with Gasteiger partial charge in [0, 0.05) is 12.7 Å². The lowest BCUT2D eigenvalue weighted by atomic mass is 10.3. The second kappa shape index (κ2) is 3.71. The third-order valence-corrected chi connectivity index (χ3v) is 1.34. The van der Waals surface area contributed by atoms with Gasteiger partial charge in [0.05, 0.1) is 0 Å². The molecule has 3 nitrogen and oxygen atoms in total. The molecule has 0 aliphatic carbocycles. The van der Waals surface area contributed by atoms with Crippen molar-refractivity contribution in [2.75, 3.05) is 12.4 Å². The topological polar surface area (TPSA) is 50.4 Å².